The molecule has 0 N–H and O–H groups in total. The topological polar surface area (TPSA) is 3.24 Å². The van der Waals surface area contributed by atoms with E-state index >= 15 is 0 Å². The number of alkyl halides is 1. The molecule has 0 heterocycles. The summed E-state index contributed by atoms with van der Waals surface area (Å²) in [6.07, 6.45) is 9.68. The van der Waals surface area contributed by atoms with Gasteiger partial charge in [-0.15, -0.1) is 11.6 Å². The minimum atomic E-state index is 0.787. The summed E-state index contributed by atoms with van der Waals surface area (Å²) in [7, 11) is 0. The minimum Gasteiger partial charge on any atom is -0.301 e. The van der Waals surface area contributed by atoms with Crippen molar-refractivity contribution in [2.75, 3.05) is 19.0 Å². The maximum Gasteiger partial charge on any atom is 0.0225 e. The van der Waals surface area contributed by atoms with Crippen LogP contribution in [0.25, 0.3) is 0 Å². The van der Waals surface area contributed by atoms with Gasteiger partial charge in [0.2, 0.25) is 0 Å². The monoisotopic (exact) mass is 245 g/mol. The summed E-state index contributed by atoms with van der Waals surface area (Å²) < 4.78 is 0. The summed E-state index contributed by atoms with van der Waals surface area (Å²) in [6, 6.07) is 0.877. The van der Waals surface area contributed by atoms with E-state index < -0.39 is 0 Å². The Morgan fingerprint density at radius 2 is 1.88 bits per heavy atom. The number of hydrogen-bond donors (Lipinski definition) is 0. The average Bonchev–Trinajstić information content (AvgIpc) is 2.31. The van der Waals surface area contributed by atoms with Crippen LogP contribution < -0.4 is 0 Å². The van der Waals surface area contributed by atoms with Crippen LogP contribution >= 0.6 is 11.6 Å². The molecule has 1 saturated carbocycles. The lowest BCUT2D eigenvalue weighted by Crippen LogP contribution is -2.37. The maximum atomic E-state index is 5.78. The van der Waals surface area contributed by atoms with Gasteiger partial charge in [0.25, 0.3) is 0 Å². The molecule has 1 rings (SSSR count). The van der Waals surface area contributed by atoms with Gasteiger partial charge in [-0.25, -0.2) is 0 Å². The van der Waals surface area contributed by atoms with Crippen LogP contribution in [0.1, 0.15) is 58.8 Å². The van der Waals surface area contributed by atoms with Crippen LogP contribution in [0, 0.1) is 5.92 Å². The van der Waals surface area contributed by atoms with E-state index in [1.54, 1.807) is 0 Å². The first-order chi connectivity index (χ1) is 7.77. The van der Waals surface area contributed by atoms with Crippen LogP contribution in [-0.2, 0) is 0 Å². The summed E-state index contributed by atoms with van der Waals surface area (Å²) in [5.74, 6) is 1.60. The van der Waals surface area contributed by atoms with Crippen LogP contribution in [0.5, 0.6) is 0 Å². The van der Waals surface area contributed by atoms with Crippen molar-refractivity contribution in [3.05, 3.63) is 0 Å². The Morgan fingerprint density at radius 3 is 2.44 bits per heavy atom. The predicted octanol–water partition coefficient (Wildman–Crippen LogP) is 4.30. The third-order valence-electron chi connectivity index (χ3n) is 4.01. The average molecular weight is 246 g/mol. The van der Waals surface area contributed by atoms with Gasteiger partial charge >= 0.3 is 0 Å². The molecule has 1 nitrogen and oxygen atoms in total. The summed E-state index contributed by atoms with van der Waals surface area (Å²) in [5, 5.41) is 0. The van der Waals surface area contributed by atoms with Gasteiger partial charge in [0.15, 0.2) is 0 Å². The molecule has 16 heavy (non-hydrogen) atoms. The molecule has 0 aliphatic heterocycles. The van der Waals surface area contributed by atoms with E-state index in [4.69, 9.17) is 11.6 Å². The van der Waals surface area contributed by atoms with E-state index in [-0.39, 0.29) is 0 Å². The van der Waals surface area contributed by atoms with Gasteiger partial charge in [-0.2, -0.15) is 0 Å². The van der Waals surface area contributed by atoms with Crippen molar-refractivity contribution in [1.29, 1.82) is 0 Å². The van der Waals surface area contributed by atoms with Crippen LogP contribution in [0.4, 0.5) is 0 Å². The molecule has 0 spiro atoms. The molecule has 0 radical (unpaired) electrons. The zero-order valence-electron chi connectivity index (χ0n) is 11.1. The number of nitrogens with zero attached hydrogens (tertiary/aromatic N) is 1. The second-order valence-corrected chi connectivity index (χ2v) is 5.67. The minimum absolute atomic E-state index is 0.787. The van der Waals surface area contributed by atoms with E-state index in [0.29, 0.717) is 0 Å². The van der Waals surface area contributed by atoms with E-state index in [1.807, 2.05) is 0 Å². The highest BCUT2D eigenvalue weighted by Crippen LogP contribution is 2.23. The molecule has 0 aromatic heterocycles. The molecule has 1 aliphatic carbocycles. The molecule has 2 heteroatoms. The van der Waals surface area contributed by atoms with Crippen molar-refractivity contribution in [2.24, 2.45) is 5.92 Å². The van der Waals surface area contributed by atoms with Gasteiger partial charge in [0.1, 0.15) is 0 Å². The van der Waals surface area contributed by atoms with Gasteiger partial charge in [-0.05, 0) is 44.7 Å². The molecule has 96 valence electrons. The van der Waals surface area contributed by atoms with Gasteiger partial charge in [0, 0.05) is 11.9 Å². The molecule has 0 saturated heterocycles. The molecule has 1 aliphatic rings. The van der Waals surface area contributed by atoms with Gasteiger partial charge < -0.3 is 4.90 Å². The Hall–Kier alpha value is 0.250. The highest BCUT2D eigenvalue weighted by molar-refractivity contribution is 6.17. The fourth-order valence-corrected chi connectivity index (χ4v) is 3.13. The summed E-state index contributed by atoms with van der Waals surface area (Å²) in [6.45, 7) is 7.13. The Labute approximate surface area is 107 Å². The standard InChI is InChI=1S/C14H28ClN/c1-3-16(12-10-13(2)9-11-15)14-7-5-4-6-8-14/h13-14H,3-12H2,1-2H3. The second-order valence-electron chi connectivity index (χ2n) is 5.29. The number of rotatable bonds is 7. The molecule has 0 bridgehead atoms. The number of hydrogen-bond acceptors (Lipinski definition) is 1. The van der Waals surface area contributed by atoms with Crippen LogP contribution in [-0.4, -0.2) is 29.9 Å². The molecule has 0 aromatic rings. The molecule has 1 fully saturated rings. The molecule has 0 amide bonds. The normalized spacial score (nSPS) is 20.2. The van der Waals surface area contributed by atoms with E-state index in [2.05, 4.69) is 18.7 Å². The molecule has 1 atom stereocenters. The molecular weight excluding hydrogens is 218 g/mol. The summed E-state index contributed by atoms with van der Waals surface area (Å²) >= 11 is 5.78. The molecular formula is C14H28ClN. The first-order valence-electron chi connectivity index (χ1n) is 7.08. The van der Waals surface area contributed by atoms with E-state index in [9.17, 15) is 0 Å². The van der Waals surface area contributed by atoms with Crippen molar-refractivity contribution in [3.8, 4) is 0 Å². The van der Waals surface area contributed by atoms with Gasteiger partial charge in [-0.1, -0.05) is 33.1 Å². The zero-order chi connectivity index (χ0) is 11.8. The van der Waals surface area contributed by atoms with Crippen molar-refractivity contribution >= 4 is 11.6 Å². The highest BCUT2D eigenvalue weighted by atomic mass is 35.5. The first kappa shape index (κ1) is 14.3. The largest absolute Gasteiger partial charge is 0.301 e. The first-order valence-corrected chi connectivity index (χ1v) is 7.61. The zero-order valence-corrected chi connectivity index (χ0v) is 11.8. The Morgan fingerprint density at radius 1 is 1.19 bits per heavy atom. The lowest BCUT2D eigenvalue weighted by atomic mass is 9.93. The third-order valence-corrected chi connectivity index (χ3v) is 4.23. The highest BCUT2D eigenvalue weighted by Gasteiger charge is 2.19. The van der Waals surface area contributed by atoms with Crippen molar-refractivity contribution in [2.45, 2.75) is 64.8 Å². The smallest absolute Gasteiger partial charge is 0.0225 e. The molecule has 1 unspecified atom stereocenters. The Balaban J connectivity index is 2.24. The third kappa shape index (κ3) is 5.05. The summed E-state index contributed by atoms with van der Waals surface area (Å²) in [4.78, 5) is 2.70. The van der Waals surface area contributed by atoms with Gasteiger partial charge in [-0.3, -0.25) is 0 Å². The summed E-state index contributed by atoms with van der Waals surface area (Å²) in [5.41, 5.74) is 0. The lowest BCUT2D eigenvalue weighted by molar-refractivity contribution is 0.154. The fraction of sp³-hybridized carbons (Fsp3) is 1.00. The van der Waals surface area contributed by atoms with E-state index in [1.165, 1.54) is 58.0 Å². The van der Waals surface area contributed by atoms with Gasteiger partial charge in [0.05, 0.1) is 0 Å². The van der Waals surface area contributed by atoms with Crippen LogP contribution in [0.2, 0.25) is 0 Å². The van der Waals surface area contributed by atoms with Crippen LogP contribution in [0.3, 0.4) is 0 Å². The SMILES string of the molecule is CCN(CCC(C)CCCl)C1CCCCC1. The Bertz CT molecular complexity index is 166. The number of halogens is 1. The predicted molar refractivity (Wildman–Crippen MR) is 73.2 cm³/mol. The fourth-order valence-electron chi connectivity index (χ4n) is 2.76. The maximum absolute atomic E-state index is 5.78. The lowest BCUT2D eigenvalue weighted by Gasteiger charge is -2.34. The van der Waals surface area contributed by atoms with Crippen molar-refractivity contribution in [1.82, 2.24) is 4.90 Å². The van der Waals surface area contributed by atoms with Crippen molar-refractivity contribution in [3.63, 3.8) is 0 Å². The second kappa shape index (κ2) is 8.36. The molecule has 0 aromatic carbocycles. The van der Waals surface area contributed by atoms with Crippen LogP contribution in [0.15, 0.2) is 0 Å². The van der Waals surface area contributed by atoms with Crippen molar-refractivity contribution < 1.29 is 0 Å². The van der Waals surface area contributed by atoms with E-state index in [0.717, 1.165) is 17.8 Å². The quantitative estimate of drug-likeness (QED) is 0.605. The Kier molecular flexibility index (Phi) is 7.47.